The zero-order chi connectivity index (χ0) is 20.5. The molecule has 0 saturated carbocycles. The van der Waals surface area contributed by atoms with Gasteiger partial charge in [-0.15, -0.1) is 0 Å². The van der Waals surface area contributed by atoms with Crippen LogP contribution in [0.25, 0.3) is 6.08 Å². The molecule has 2 aromatic carbocycles. The molecule has 0 radical (unpaired) electrons. The lowest BCUT2D eigenvalue weighted by atomic mass is 9.97. The highest BCUT2D eigenvalue weighted by Gasteiger charge is 2.29. The predicted octanol–water partition coefficient (Wildman–Crippen LogP) is 2.89. The van der Waals surface area contributed by atoms with E-state index in [4.69, 9.17) is 4.74 Å². The Morgan fingerprint density at radius 1 is 1.03 bits per heavy atom. The van der Waals surface area contributed by atoms with E-state index in [-0.39, 0.29) is 11.8 Å². The Labute approximate surface area is 172 Å². The van der Waals surface area contributed by atoms with Crippen molar-refractivity contribution >= 4 is 22.0 Å². The number of amides is 1. The monoisotopic (exact) mass is 414 g/mol. The van der Waals surface area contributed by atoms with E-state index in [1.54, 1.807) is 6.08 Å². The number of sulfonamides is 1. The van der Waals surface area contributed by atoms with Gasteiger partial charge in [0.2, 0.25) is 15.9 Å². The molecule has 29 heavy (non-hydrogen) atoms. The zero-order valence-corrected chi connectivity index (χ0v) is 17.1. The van der Waals surface area contributed by atoms with E-state index in [2.05, 4.69) is 5.32 Å². The van der Waals surface area contributed by atoms with Crippen molar-refractivity contribution in [3.63, 3.8) is 0 Å². The maximum atomic E-state index is 12.5. The number of piperidine rings is 1. The van der Waals surface area contributed by atoms with Crippen molar-refractivity contribution in [1.82, 2.24) is 9.62 Å². The van der Waals surface area contributed by atoms with Crippen LogP contribution in [0, 0.1) is 5.92 Å². The summed E-state index contributed by atoms with van der Waals surface area (Å²) in [6.45, 7) is 1.51. The third kappa shape index (κ3) is 6.44. The summed E-state index contributed by atoms with van der Waals surface area (Å²) < 4.78 is 32.0. The Morgan fingerprint density at radius 2 is 1.66 bits per heavy atom. The maximum absolute atomic E-state index is 12.5. The quantitative estimate of drug-likeness (QED) is 0.674. The Kier molecular flexibility index (Phi) is 7.43. The summed E-state index contributed by atoms with van der Waals surface area (Å²) >= 11 is 0. The van der Waals surface area contributed by atoms with Crippen molar-refractivity contribution in [1.29, 1.82) is 0 Å². The Bertz CT molecular complexity index is 906. The molecule has 0 atom stereocenters. The van der Waals surface area contributed by atoms with Crippen molar-refractivity contribution in [2.24, 2.45) is 5.92 Å². The minimum Gasteiger partial charge on any atom is -0.492 e. The number of nitrogens with zero attached hydrogens (tertiary/aromatic N) is 1. The molecule has 1 heterocycles. The van der Waals surface area contributed by atoms with Crippen LogP contribution in [0.4, 0.5) is 0 Å². The fourth-order valence-electron chi connectivity index (χ4n) is 3.19. The van der Waals surface area contributed by atoms with Gasteiger partial charge in [0.25, 0.3) is 0 Å². The topological polar surface area (TPSA) is 75.7 Å². The number of para-hydroxylation sites is 1. The van der Waals surface area contributed by atoms with Crippen LogP contribution in [0.1, 0.15) is 18.4 Å². The van der Waals surface area contributed by atoms with E-state index in [1.165, 1.54) is 9.71 Å². The number of ether oxygens (including phenoxy) is 1. The highest BCUT2D eigenvalue weighted by Crippen LogP contribution is 2.21. The van der Waals surface area contributed by atoms with E-state index in [0.717, 1.165) is 11.3 Å². The molecule has 1 amide bonds. The van der Waals surface area contributed by atoms with Crippen LogP contribution < -0.4 is 10.1 Å². The highest BCUT2D eigenvalue weighted by molar-refractivity contribution is 7.92. The van der Waals surface area contributed by atoms with Gasteiger partial charge in [-0.3, -0.25) is 4.79 Å². The standard InChI is InChI=1S/C22H26N2O4S/c25-22(23-14-17-28-21-9-5-2-6-10-21)20-11-15-24(16-12-20)29(26,27)18-13-19-7-3-1-4-8-19/h1-10,13,18,20H,11-12,14-17H2,(H,23,25)/b18-13+. The number of hydrogen-bond acceptors (Lipinski definition) is 4. The summed E-state index contributed by atoms with van der Waals surface area (Å²) in [5.74, 6) is 0.554. The predicted molar refractivity (Wildman–Crippen MR) is 114 cm³/mol. The maximum Gasteiger partial charge on any atom is 0.236 e. The average Bonchev–Trinajstić information content (AvgIpc) is 2.77. The number of carbonyl (C=O) groups is 1. The van der Waals surface area contributed by atoms with Gasteiger partial charge in [0.15, 0.2) is 0 Å². The number of hydrogen-bond donors (Lipinski definition) is 1. The van der Waals surface area contributed by atoms with E-state index >= 15 is 0 Å². The number of rotatable bonds is 8. The second kappa shape index (κ2) is 10.2. The average molecular weight is 415 g/mol. The Morgan fingerprint density at radius 3 is 2.31 bits per heavy atom. The third-order valence-corrected chi connectivity index (χ3v) is 6.39. The van der Waals surface area contributed by atoms with Gasteiger partial charge in [-0.05, 0) is 36.6 Å². The van der Waals surface area contributed by atoms with Crippen molar-refractivity contribution in [2.45, 2.75) is 12.8 Å². The first kappa shape index (κ1) is 21.1. The number of benzene rings is 2. The van der Waals surface area contributed by atoms with Crippen LogP contribution in [-0.2, 0) is 14.8 Å². The largest absolute Gasteiger partial charge is 0.492 e. The fourth-order valence-corrected chi connectivity index (χ4v) is 4.41. The fraction of sp³-hybridized carbons (Fsp3) is 0.318. The summed E-state index contributed by atoms with van der Waals surface area (Å²) in [7, 11) is -3.48. The lowest BCUT2D eigenvalue weighted by Gasteiger charge is -2.29. The van der Waals surface area contributed by atoms with Crippen molar-refractivity contribution in [2.75, 3.05) is 26.2 Å². The van der Waals surface area contributed by atoms with Gasteiger partial charge in [0.1, 0.15) is 12.4 Å². The smallest absolute Gasteiger partial charge is 0.236 e. The molecule has 1 saturated heterocycles. The van der Waals surface area contributed by atoms with Gasteiger partial charge in [-0.2, -0.15) is 4.31 Å². The lowest BCUT2D eigenvalue weighted by Crippen LogP contribution is -2.43. The Balaban J connectivity index is 1.41. The van der Waals surface area contributed by atoms with Gasteiger partial charge in [0, 0.05) is 24.4 Å². The second-order valence-corrected chi connectivity index (χ2v) is 8.70. The summed E-state index contributed by atoms with van der Waals surface area (Å²) in [5, 5.41) is 4.12. The Hall–Kier alpha value is -2.64. The van der Waals surface area contributed by atoms with Gasteiger partial charge < -0.3 is 10.1 Å². The number of nitrogens with one attached hydrogen (secondary N) is 1. The van der Waals surface area contributed by atoms with E-state index in [1.807, 2.05) is 60.7 Å². The van der Waals surface area contributed by atoms with Gasteiger partial charge >= 0.3 is 0 Å². The molecule has 7 heteroatoms. The molecule has 0 aromatic heterocycles. The molecule has 0 bridgehead atoms. The molecule has 154 valence electrons. The van der Waals surface area contributed by atoms with Crippen LogP contribution in [0.15, 0.2) is 66.1 Å². The molecular weight excluding hydrogens is 388 g/mol. The van der Waals surface area contributed by atoms with E-state index < -0.39 is 10.0 Å². The van der Waals surface area contributed by atoms with Crippen LogP contribution in [0.2, 0.25) is 0 Å². The summed E-state index contributed by atoms with van der Waals surface area (Å²) in [6, 6.07) is 18.7. The molecule has 0 aliphatic carbocycles. The second-order valence-electron chi connectivity index (χ2n) is 6.88. The molecule has 1 aliphatic heterocycles. The normalized spacial score (nSPS) is 16.0. The summed E-state index contributed by atoms with van der Waals surface area (Å²) in [5.41, 5.74) is 0.836. The van der Waals surface area contributed by atoms with Crippen LogP contribution >= 0.6 is 0 Å². The van der Waals surface area contributed by atoms with Crippen LogP contribution in [0.5, 0.6) is 5.75 Å². The first-order valence-electron chi connectivity index (χ1n) is 9.73. The van der Waals surface area contributed by atoms with Gasteiger partial charge in [-0.1, -0.05) is 48.5 Å². The number of carbonyl (C=O) groups excluding carboxylic acids is 1. The molecule has 6 nitrogen and oxygen atoms in total. The molecule has 2 aromatic rings. The van der Waals surface area contributed by atoms with Crippen LogP contribution in [-0.4, -0.2) is 44.9 Å². The van der Waals surface area contributed by atoms with Gasteiger partial charge in [0.05, 0.1) is 6.54 Å². The molecule has 0 spiro atoms. The minimum atomic E-state index is -3.48. The summed E-state index contributed by atoms with van der Waals surface area (Å²) in [6.07, 6.45) is 2.63. The highest BCUT2D eigenvalue weighted by atomic mass is 32.2. The first-order valence-corrected chi connectivity index (χ1v) is 11.2. The molecule has 1 fully saturated rings. The van der Waals surface area contributed by atoms with Crippen molar-refractivity contribution < 1.29 is 17.9 Å². The van der Waals surface area contributed by atoms with E-state index in [9.17, 15) is 13.2 Å². The third-order valence-electron chi connectivity index (χ3n) is 4.83. The molecule has 3 rings (SSSR count). The minimum absolute atomic E-state index is 0.0430. The van der Waals surface area contributed by atoms with Gasteiger partial charge in [-0.25, -0.2) is 8.42 Å². The molecular formula is C22H26N2O4S. The molecule has 1 N–H and O–H groups in total. The van der Waals surface area contributed by atoms with Crippen molar-refractivity contribution in [3.05, 3.63) is 71.6 Å². The summed E-state index contributed by atoms with van der Waals surface area (Å²) in [4.78, 5) is 12.3. The molecule has 0 unspecified atom stereocenters. The van der Waals surface area contributed by atoms with Crippen molar-refractivity contribution in [3.8, 4) is 5.75 Å². The molecule has 1 aliphatic rings. The van der Waals surface area contributed by atoms with E-state index in [0.29, 0.717) is 39.1 Å². The first-order chi connectivity index (χ1) is 14.0. The zero-order valence-electron chi connectivity index (χ0n) is 16.2. The SMILES string of the molecule is O=C(NCCOc1ccccc1)C1CCN(S(=O)(=O)/C=C/c2ccccc2)CC1. The van der Waals surface area contributed by atoms with Crippen LogP contribution in [0.3, 0.4) is 0 Å². The lowest BCUT2D eigenvalue weighted by molar-refractivity contribution is -0.126.